The number of hydrogen-bond donors (Lipinski definition) is 1. The Kier molecular flexibility index (Phi) is 6.65. The second-order valence-corrected chi connectivity index (χ2v) is 5.57. The van der Waals surface area contributed by atoms with E-state index in [0.29, 0.717) is 0 Å². The first-order valence-electron chi connectivity index (χ1n) is 5.73. The molecule has 2 nitrogen and oxygen atoms in total. The van der Waals surface area contributed by atoms with Crippen LogP contribution in [0, 0.1) is 5.92 Å². The topological polar surface area (TPSA) is 21.3 Å². The summed E-state index contributed by atoms with van der Waals surface area (Å²) in [4.78, 5) is 0. The van der Waals surface area contributed by atoms with Gasteiger partial charge < -0.3 is 10.1 Å². The van der Waals surface area contributed by atoms with Crippen molar-refractivity contribution < 1.29 is 4.74 Å². The molecule has 1 aliphatic heterocycles. The van der Waals surface area contributed by atoms with E-state index in [1.54, 1.807) is 0 Å². The van der Waals surface area contributed by atoms with Crippen LogP contribution in [0.2, 0.25) is 0 Å². The lowest BCUT2D eigenvalue weighted by atomic mass is 10.1. The van der Waals surface area contributed by atoms with Crippen molar-refractivity contribution in [2.24, 2.45) is 5.92 Å². The summed E-state index contributed by atoms with van der Waals surface area (Å²) < 4.78 is 5.32. The van der Waals surface area contributed by atoms with Gasteiger partial charge in [0.15, 0.2) is 0 Å². The molecule has 0 amide bonds. The van der Waals surface area contributed by atoms with E-state index in [1.807, 2.05) is 0 Å². The molecule has 0 spiro atoms. The van der Waals surface area contributed by atoms with Crippen molar-refractivity contribution in [2.45, 2.75) is 31.9 Å². The van der Waals surface area contributed by atoms with Crippen LogP contribution in [0.3, 0.4) is 0 Å². The zero-order valence-electron chi connectivity index (χ0n) is 9.42. The summed E-state index contributed by atoms with van der Waals surface area (Å²) in [6, 6.07) is 0. The predicted octanol–water partition coefficient (Wildman–Crippen LogP) is 2.14. The number of thioether (sulfide) groups is 1. The molecule has 1 rings (SSSR count). The highest BCUT2D eigenvalue weighted by atomic mass is 32.2. The smallest absolute Gasteiger partial charge is 0.0507 e. The molecule has 1 saturated heterocycles. The highest BCUT2D eigenvalue weighted by molar-refractivity contribution is 7.99. The van der Waals surface area contributed by atoms with E-state index in [4.69, 9.17) is 4.74 Å². The number of ether oxygens (including phenoxy) is 1. The minimum Gasteiger partial charge on any atom is -0.381 e. The summed E-state index contributed by atoms with van der Waals surface area (Å²) >= 11 is 2.07. The van der Waals surface area contributed by atoms with Gasteiger partial charge in [-0.3, -0.25) is 0 Å². The minimum atomic E-state index is 0.767. The van der Waals surface area contributed by atoms with Crippen LogP contribution in [-0.4, -0.2) is 37.3 Å². The maximum absolute atomic E-state index is 5.32. The van der Waals surface area contributed by atoms with Crippen molar-refractivity contribution in [3.05, 3.63) is 0 Å². The summed E-state index contributed by atoms with van der Waals surface area (Å²) in [5.41, 5.74) is 0. The van der Waals surface area contributed by atoms with Gasteiger partial charge in [-0.15, -0.1) is 0 Å². The second-order valence-electron chi connectivity index (χ2n) is 4.02. The SMILES string of the molecule is CCC(C)SCCNCC1CCOC1. The molecule has 0 bridgehead atoms. The molecule has 0 aliphatic carbocycles. The number of hydrogen-bond acceptors (Lipinski definition) is 3. The molecule has 0 aromatic carbocycles. The van der Waals surface area contributed by atoms with Crippen LogP contribution >= 0.6 is 11.8 Å². The average molecular weight is 217 g/mol. The lowest BCUT2D eigenvalue weighted by molar-refractivity contribution is 0.185. The maximum Gasteiger partial charge on any atom is 0.0507 e. The molecule has 0 saturated carbocycles. The molecule has 1 fully saturated rings. The quantitative estimate of drug-likeness (QED) is 0.660. The average Bonchev–Trinajstić information content (AvgIpc) is 2.69. The molecule has 3 heteroatoms. The number of rotatable bonds is 7. The standard InChI is InChI=1S/C11H23NOS/c1-3-10(2)14-7-5-12-8-11-4-6-13-9-11/h10-12H,3-9H2,1-2H3. The molecule has 14 heavy (non-hydrogen) atoms. The normalized spacial score (nSPS) is 24.0. The minimum absolute atomic E-state index is 0.767. The van der Waals surface area contributed by atoms with Gasteiger partial charge >= 0.3 is 0 Å². The molecule has 84 valence electrons. The Hall–Kier alpha value is 0.270. The third-order valence-electron chi connectivity index (χ3n) is 2.71. The van der Waals surface area contributed by atoms with Crippen LogP contribution in [0.4, 0.5) is 0 Å². The monoisotopic (exact) mass is 217 g/mol. The van der Waals surface area contributed by atoms with Crippen molar-refractivity contribution in [2.75, 3.05) is 32.1 Å². The third kappa shape index (κ3) is 5.23. The molecule has 1 N–H and O–H groups in total. The molecule has 2 atom stereocenters. The lowest BCUT2D eigenvalue weighted by Gasteiger charge is -2.11. The van der Waals surface area contributed by atoms with E-state index in [9.17, 15) is 0 Å². The first-order valence-corrected chi connectivity index (χ1v) is 6.78. The lowest BCUT2D eigenvalue weighted by Crippen LogP contribution is -2.25. The van der Waals surface area contributed by atoms with Gasteiger partial charge in [0.1, 0.15) is 0 Å². The van der Waals surface area contributed by atoms with Gasteiger partial charge in [-0.1, -0.05) is 13.8 Å². The van der Waals surface area contributed by atoms with Gasteiger partial charge in [-0.2, -0.15) is 11.8 Å². The third-order valence-corrected chi connectivity index (χ3v) is 4.06. The van der Waals surface area contributed by atoms with E-state index < -0.39 is 0 Å². The van der Waals surface area contributed by atoms with E-state index >= 15 is 0 Å². The molecule has 2 unspecified atom stereocenters. The summed E-state index contributed by atoms with van der Waals surface area (Å²) in [6.45, 7) is 8.77. The van der Waals surface area contributed by atoms with Gasteiger partial charge in [0.05, 0.1) is 6.61 Å². The molecule has 0 aromatic rings. The summed E-state index contributed by atoms with van der Waals surface area (Å²) in [6.07, 6.45) is 2.52. The van der Waals surface area contributed by atoms with E-state index in [2.05, 4.69) is 30.9 Å². The first kappa shape index (κ1) is 12.3. The van der Waals surface area contributed by atoms with E-state index in [-0.39, 0.29) is 0 Å². The van der Waals surface area contributed by atoms with Crippen molar-refractivity contribution in [3.8, 4) is 0 Å². The fourth-order valence-corrected chi connectivity index (χ4v) is 2.40. The fourth-order valence-electron chi connectivity index (χ4n) is 1.50. The van der Waals surface area contributed by atoms with Gasteiger partial charge in [0, 0.05) is 30.7 Å². The molecule has 1 heterocycles. The first-order chi connectivity index (χ1) is 6.83. The van der Waals surface area contributed by atoms with Crippen LogP contribution < -0.4 is 5.32 Å². The van der Waals surface area contributed by atoms with E-state index in [1.165, 1.54) is 18.6 Å². The van der Waals surface area contributed by atoms with Crippen molar-refractivity contribution >= 4 is 11.8 Å². The van der Waals surface area contributed by atoms with Crippen LogP contribution in [-0.2, 0) is 4.74 Å². The molecule has 1 aliphatic rings. The van der Waals surface area contributed by atoms with Gasteiger partial charge in [0.2, 0.25) is 0 Å². The second kappa shape index (κ2) is 7.55. The molecular formula is C11H23NOS. The summed E-state index contributed by atoms with van der Waals surface area (Å²) in [7, 11) is 0. The van der Waals surface area contributed by atoms with Crippen molar-refractivity contribution in [3.63, 3.8) is 0 Å². The largest absolute Gasteiger partial charge is 0.381 e. The Morgan fingerprint density at radius 3 is 3.07 bits per heavy atom. The Balaban J connectivity index is 1.84. The Morgan fingerprint density at radius 1 is 1.57 bits per heavy atom. The Bertz CT molecular complexity index is 137. The van der Waals surface area contributed by atoms with Crippen LogP contribution in [0.25, 0.3) is 0 Å². The molecule has 0 aromatic heterocycles. The van der Waals surface area contributed by atoms with Crippen LogP contribution in [0.1, 0.15) is 26.7 Å². The molecular weight excluding hydrogens is 194 g/mol. The Morgan fingerprint density at radius 2 is 2.43 bits per heavy atom. The van der Waals surface area contributed by atoms with Gasteiger partial charge in [-0.25, -0.2) is 0 Å². The van der Waals surface area contributed by atoms with Crippen LogP contribution in [0.15, 0.2) is 0 Å². The van der Waals surface area contributed by atoms with Gasteiger partial charge in [0.25, 0.3) is 0 Å². The van der Waals surface area contributed by atoms with Gasteiger partial charge in [-0.05, 0) is 18.8 Å². The van der Waals surface area contributed by atoms with Crippen molar-refractivity contribution in [1.82, 2.24) is 5.32 Å². The summed E-state index contributed by atoms with van der Waals surface area (Å²) in [5.74, 6) is 2.01. The zero-order chi connectivity index (χ0) is 10.2. The predicted molar refractivity (Wildman–Crippen MR) is 64.0 cm³/mol. The maximum atomic E-state index is 5.32. The summed E-state index contributed by atoms with van der Waals surface area (Å²) in [5, 5.41) is 4.32. The Labute approximate surface area is 92.2 Å². The zero-order valence-corrected chi connectivity index (χ0v) is 10.2. The van der Waals surface area contributed by atoms with Crippen LogP contribution in [0.5, 0.6) is 0 Å². The van der Waals surface area contributed by atoms with Crippen molar-refractivity contribution in [1.29, 1.82) is 0 Å². The molecule has 0 radical (unpaired) electrons. The van der Waals surface area contributed by atoms with E-state index in [0.717, 1.165) is 37.5 Å². The highest BCUT2D eigenvalue weighted by Crippen LogP contribution is 2.13. The number of nitrogens with one attached hydrogen (secondary N) is 1. The fraction of sp³-hybridized carbons (Fsp3) is 1.00. The highest BCUT2D eigenvalue weighted by Gasteiger charge is 2.14.